The number of carbonyl (C=O) groups excluding carboxylic acids is 1. The van der Waals surface area contributed by atoms with Gasteiger partial charge >= 0.3 is 0 Å². The zero-order valence-electron chi connectivity index (χ0n) is 10.0. The van der Waals surface area contributed by atoms with E-state index in [1.165, 1.54) is 12.6 Å². The van der Waals surface area contributed by atoms with Crippen molar-refractivity contribution in [3.63, 3.8) is 0 Å². The Hall–Kier alpha value is -1.76. The molecule has 0 atom stereocenters. The van der Waals surface area contributed by atoms with Crippen LogP contribution in [0.25, 0.3) is 0 Å². The molecule has 17 heavy (non-hydrogen) atoms. The second-order valence-electron chi connectivity index (χ2n) is 4.18. The van der Waals surface area contributed by atoms with Gasteiger partial charge in [-0.05, 0) is 12.8 Å². The molecule has 1 amide bonds. The molecule has 1 fully saturated rings. The molecule has 0 saturated heterocycles. The van der Waals surface area contributed by atoms with Gasteiger partial charge in [0.1, 0.15) is 11.6 Å². The van der Waals surface area contributed by atoms with Gasteiger partial charge in [0.05, 0.1) is 0 Å². The summed E-state index contributed by atoms with van der Waals surface area (Å²) in [6.45, 7) is 4.09. The molecule has 0 aromatic rings. The van der Waals surface area contributed by atoms with Crippen LogP contribution in [0.5, 0.6) is 0 Å². The van der Waals surface area contributed by atoms with Crippen LogP contribution in [-0.2, 0) is 4.79 Å². The Morgan fingerprint density at radius 1 is 1.41 bits per heavy atom. The maximum atomic E-state index is 11.8. The van der Waals surface area contributed by atoms with Crippen molar-refractivity contribution in [3.05, 3.63) is 24.4 Å². The van der Waals surface area contributed by atoms with E-state index >= 15 is 0 Å². The molecular formula is C13H19N3O. The molecule has 0 spiro atoms. The van der Waals surface area contributed by atoms with E-state index in [4.69, 9.17) is 5.26 Å². The Bertz CT molecular complexity index is 335. The minimum atomic E-state index is -0.282. The fourth-order valence-corrected chi connectivity index (χ4v) is 1.90. The topological polar surface area (TPSA) is 64.9 Å². The Kier molecular flexibility index (Phi) is 5.87. The highest BCUT2D eigenvalue weighted by atomic mass is 16.1. The minimum absolute atomic E-state index is 0.123. The van der Waals surface area contributed by atoms with Crippen molar-refractivity contribution in [3.8, 4) is 6.07 Å². The molecule has 1 aliphatic carbocycles. The largest absolute Gasteiger partial charge is 0.386 e. The van der Waals surface area contributed by atoms with Crippen LogP contribution in [0, 0.1) is 11.3 Å². The number of rotatable bonds is 5. The van der Waals surface area contributed by atoms with Gasteiger partial charge in [-0.15, -0.1) is 6.58 Å². The van der Waals surface area contributed by atoms with E-state index in [-0.39, 0.29) is 17.5 Å². The number of hydrogen-bond acceptors (Lipinski definition) is 3. The molecule has 0 bridgehead atoms. The van der Waals surface area contributed by atoms with Crippen LogP contribution >= 0.6 is 0 Å². The van der Waals surface area contributed by atoms with Crippen molar-refractivity contribution in [2.75, 3.05) is 6.54 Å². The van der Waals surface area contributed by atoms with Crippen LogP contribution in [0.4, 0.5) is 0 Å². The highest BCUT2D eigenvalue weighted by Crippen LogP contribution is 2.17. The van der Waals surface area contributed by atoms with Gasteiger partial charge in [0, 0.05) is 18.8 Å². The predicted molar refractivity (Wildman–Crippen MR) is 66.9 cm³/mol. The smallest absolute Gasteiger partial charge is 0.263 e. The van der Waals surface area contributed by atoms with Crippen LogP contribution in [-0.4, -0.2) is 18.5 Å². The molecule has 0 radical (unpaired) electrons. The molecular weight excluding hydrogens is 214 g/mol. The lowest BCUT2D eigenvalue weighted by Gasteiger charge is -2.22. The van der Waals surface area contributed by atoms with Crippen molar-refractivity contribution in [2.24, 2.45) is 0 Å². The van der Waals surface area contributed by atoms with E-state index in [9.17, 15) is 4.79 Å². The lowest BCUT2D eigenvalue weighted by Crippen LogP contribution is -2.37. The number of amides is 1. The molecule has 0 aliphatic heterocycles. The van der Waals surface area contributed by atoms with Crippen molar-refractivity contribution < 1.29 is 4.79 Å². The lowest BCUT2D eigenvalue weighted by molar-refractivity contribution is -0.118. The first-order chi connectivity index (χ1) is 8.27. The quantitative estimate of drug-likeness (QED) is 0.328. The second kappa shape index (κ2) is 7.50. The highest BCUT2D eigenvalue weighted by Gasteiger charge is 2.17. The van der Waals surface area contributed by atoms with Crippen molar-refractivity contribution in [1.29, 1.82) is 5.26 Å². The zero-order chi connectivity index (χ0) is 12.5. The van der Waals surface area contributed by atoms with E-state index < -0.39 is 0 Å². The van der Waals surface area contributed by atoms with Crippen LogP contribution < -0.4 is 10.6 Å². The van der Waals surface area contributed by atoms with Gasteiger partial charge in [-0.1, -0.05) is 25.3 Å². The van der Waals surface area contributed by atoms with Crippen molar-refractivity contribution in [2.45, 2.75) is 38.1 Å². The van der Waals surface area contributed by atoms with Gasteiger partial charge in [-0.2, -0.15) is 5.26 Å². The van der Waals surface area contributed by atoms with Crippen molar-refractivity contribution in [1.82, 2.24) is 10.6 Å². The Morgan fingerprint density at radius 3 is 2.71 bits per heavy atom. The first-order valence-electron chi connectivity index (χ1n) is 6.03. The Labute approximate surface area is 102 Å². The fraction of sp³-hybridized carbons (Fsp3) is 0.538. The number of carbonyl (C=O) groups is 1. The fourth-order valence-electron chi connectivity index (χ4n) is 1.90. The van der Waals surface area contributed by atoms with Gasteiger partial charge in [-0.3, -0.25) is 4.79 Å². The first-order valence-corrected chi connectivity index (χ1v) is 6.03. The summed E-state index contributed by atoms with van der Waals surface area (Å²) >= 11 is 0. The first kappa shape index (κ1) is 13.3. The van der Waals surface area contributed by atoms with Crippen LogP contribution in [0.2, 0.25) is 0 Å². The molecule has 4 heteroatoms. The van der Waals surface area contributed by atoms with Crippen LogP contribution in [0.3, 0.4) is 0 Å². The van der Waals surface area contributed by atoms with Gasteiger partial charge in [0.2, 0.25) is 0 Å². The molecule has 1 saturated carbocycles. The monoisotopic (exact) mass is 233 g/mol. The summed E-state index contributed by atoms with van der Waals surface area (Å²) in [6.07, 6.45) is 8.71. The summed E-state index contributed by atoms with van der Waals surface area (Å²) in [5, 5.41) is 14.6. The summed E-state index contributed by atoms with van der Waals surface area (Å²) in [5.41, 5.74) is 0.123. The average Bonchev–Trinajstić information content (AvgIpc) is 2.36. The molecule has 0 unspecified atom stereocenters. The third kappa shape index (κ3) is 4.73. The Morgan fingerprint density at radius 2 is 2.12 bits per heavy atom. The number of nitriles is 1. The normalized spacial score (nSPS) is 17.0. The molecule has 1 rings (SSSR count). The van der Waals surface area contributed by atoms with Gasteiger partial charge < -0.3 is 10.6 Å². The van der Waals surface area contributed by atoms with E-state index in [1.54, 1.807) is 6.08 Å². The third-order valence-corrected chi connectivity index (χ3v) is 2.81. The molecule has 4 nitrogen and oxygen atoms in total. The molecule has 0 aromatic carbocycles. The highest BCUT2D eigenvalue weighted by molar-refractivity contribution is 5.97. The Balaban J connectivity index is 2.45. The van der Waals surface area contributed by atoms with Gasteiger partial charge in [-0.25, -0.2) is 0 Å². The SMILES string of the molecule is C=CCN/C=C(/C#N)C(=O)NC1CCCCC1. The average molecular weight is 233 g/mol. The summed E-state index contributed by atoms with van der Waals surface area (Å²) in [5.74, 6) is -0.282. The number of hydrogen-bond donors (Lipinski definition) is 2. The predicted octanol–water partition coefficient (Wildman–Crippen LogP) is 1.62. The third-order valence-electron chi connectivity index (χ3n) is 2.81. The molecule has 1 aliphatic rings. The van der Waals surface area contributed by atoms with E-state index in [2.05, 4.69) is 17.2 Å². The van der Waals surface area contributed by atoms with Gasteiger partial charge in [0.15, 0.2) is 0 Å². The lowest BCUT2D eigenvalue weighted by atomic mass is 9.95. The van der Waals surface area contributed by atoms with Crippen LogP contribution in [0.15, 0.2) is 24.4 Å². The standard InChI is InChI=1S/C13H19N3O/c1-2-8-15-10-11(9-14)13(17)16-12-6-4-3-5-7-12/h2,10,12,15H,1,3-8H2,(H,16,17)/b11-10-. The molecule has 92 valence electrons. The van der Waals surface area contributed by atoms with E-state index in [0.717, 1.165) is 25.7 Å². The maximum Gasteiger partial charge on any atom is 0.263 e. The van der Waals surface area contributed by atoms with Crippen LogP contribution in [0.1, 0.15) is 32.1 Å². The summed E-state index contributed by atoms with van der Waals surface area (Å²) < 4.78 is 0. The molecule has 0 heterocycles. The second-order valence-corrected chi connectivity index (χ2v) is 4.18. The summed E-state index contributed by atoms with van der Waals surface area (Å²) in [4.78, 5) is 11.8. The van der Waals surface area contributed by atoms with Crippen molar-refractivity contribution >= 4 is 5.91 Å². The number of nitrogens with one attached hydrogen (secondary N) is 2. The maximum absolute atomic E-state index is 11.8. The number of nitrogens with zero attached hydrogens (tertiary/aromatic N) is 1. The summed E-state index contributed by atoms with van der Waals surface area (Å²) in [6, 6.07) is 2.13. The zero-order valence-corrected chi connectivity index (χ0v) is 10.0. The van der Waals surface area contributed by atoms with Gasteiger partial charge in [0.25, 0.3) is 5.91 Å². The molecule has 0 aromatic heterocycles. The van der Waals surface area contributed by atoms with E-state index in [1.807, 2.05) is 6.07 Å². The summed E-state index contributed by atoms with van der Waals surface area (Å²) in [7, 11) is 0. The minimum Gasteiger partial charge on any atom is -0.386 e. The molecule has 2 N–H and O–H groups in total. The van der Waals surface area contributed by atoms with E-state index in [0.29, 0.717) is 6.54 Å².